The zero-order valence-corrected chi connectivity index (χ0v) is 17.0. The van der Waals surface area contributed by atoms with Crippen LogP contribution >= 0.6 is 11.6 Å². The van der Waals surface area contributed by atoms with E-state index in [9.17, 15) is 4.79 Å². The van der Waals surface area contributed by atoms with Crippen molar-refractivity contribution in [1.82, 2.24) is 19.9 Å². The molecule has 7 nitrogen and oxygen atoms in total. The number of H-pyrrole nitrogens is 1. The lowest BCUT2D eigenvalue weighted by atomic mass is 10.0. The van der Waals surface area contributed by atoms with E-state index in [-0.39, 0.29) is 18.3 Å². The highest BCUT2D eigenvalue weighted by molar-refractivity contribution is 6.30. The van der Waals surface area contributed by atoms with Crippen LogP contribution in [0.2, 0.25) is 5.15 Å². The fourth-order valence-corrected chi connectivity index (χ4v) is 4.05. The maximum absolute atomic E-state index is 12.6. The Balaban J connectivity index is 1.42. The van der Waals surface area contributed by atoms with Gasteiger partial charge in [-0.1, -0.05) is 25.4 Å². The van der Waals surface area contributed by atoms with Gasteiger partial charge >= 0.3 is 0 Å². The summed E-state index contributed by atoms with van der Waals surface area (Å²) in [6.45, 7) is 6.26. The van der Waals surface area contributed by atoms with Gasteiger partial charge in [0.05, 0.1) is 16.8 Å². The lowest BCUT2D eigenvalue weighted by Gasteiger charge is -2.28. The Bertz CT molecular complexity index is 1170. The van der Waals surface area contributed by atoms with E-state index in [0.29, 0.717) is 24.0 Å². The summed E-state index contributed by atoms with van der Waals surface area (Å²) in [5.74, 6) is 2.36. The molecule has 0 spiro atoms. The van der Waals surface area contributed by atoms with Crippen LogP contribution in [0.4, 0.5) is 0 Å². The Morgan fingerprint density at radius 1 is 1.21 bits per heavy atom. The van der Waals surface area contributed by atoms with Gasteiger partial charge < -0.3 is 14.5 Å². The van der Waals surface area contributed by atoms with E-state index < -0.39 is 0 Å². The number of hydrogen-bond donors (Lipinski definition) is 1. The molecule has 2 aromatic heterocycles. The minimum Gasteiger partial charge on any atom is -0.454 e. The molecule has 1 aromatic carbocycles. The maximum atomic E-state index is 12.6. The van der Waals surface area contributed by atoms with Crippen LogP contribution in [0, 0.1) is 0 Å². The number of hydrogen-bond acceptors (Lipinski definition) is 6. The van der Waals surface area contributed by atoms with E-state index in [1.54, 1.807) is 0 Å². The van der Waals surface area contributed by atoms with Gasteiger partial charge in [-0.3, -0.25) is 9.69 Å². The van der Waals surface area contributed by atoms with Crippen molar-refractivity contribution in [3.8, 4) is 11.5 Å². The molecule has 1 N–H and O–H groups in total. The van der Waals surface area contributed by atoms with Crippen molar-refractivity contribution in [2.75, 3.05) is 13.3 Å². The predicted molar refractivity (Wildman–Crippen MR) is 110 cm³/mol. The summed E-state index contributed by atoms with van der Waals surface area (Å²) in [5, 5.41) is 1.41. The SMILES string of the molecule is CC(C)c1nc2c(c(=O)[nH]1)CN(Cc1cc3cc4c(cc3nc1Cl)OCO4)CC2. The summed E-state index contributed by atoms with van der Waals surface area (Å²) in [7, 11) is 0. The third-order valence-corrected chi connectivity index (χ3v) is 5.77. The molecule has 0 amide bonds. The number of benzene rings is 1. The summed E-state index contributed by atoms with van der Waals surface area (Å²) in [6, 6.07) is 5.81. The molecular formula is C21H21ClN4O3. The van der Waals surface area contributed by atoms with E-state index in [1.165, 1.54) is 0 Å². The van der Waals surface area contributed by atoms with Gasteiger partial charge in [-0.25, -0.2) is 9.97 Å². The molecule has 3 aromatic rings. The van der Waals surface area contributed by atoms with Crippen molar-refractivity contribution >= 4 is 22.5 Å². The van der Waals surface area contributed by atoms with Gasteiger partial charge in [-0.2, -0.15) is 0 Å². The van der Waals surface area contributed by atoms with E-state index in [0.717, 1.165) is 52.3 Å². The Hall–Kier alpha value is -2.64. The number of pyridine rings is 1. The van der Waals surface area contributed by atoms with Crippen molar-refractivity contribution in [3.63, 3.8) is 0 Å². The van der Waals surface area contributed by atoms with Crippen LogP contribution in [-0.4, -0.2) is 33.2 Å². The fraction of sp³-hybridized carbons (Fsp3) is 0.381. The fourth-order valence-electron chi connectivity index (χ4n) is 3.84. The first-order valence-corrected chi connectivity index (χ1v) is 10.1. The number of nitrogens with zero attached hydrogens (tertiary/aromatic N) is 3. The molecule has 2 aliphatic rings. The summed E-state index contributed by atoms with van der Waals surface area (Å²) >= 11 is 6.47. The summed E-state index contributed by atoms with van der Waals surface area (Å²) in [6.07, 6.45) is 0.746. The summed E-state index contributed by atoms with van der Waals surface area (Å²) in [5.41, 5.74) is 3.30. The van der Waals surface area contributed by atoms with Crippen molar-refractivity contribution in [2.24, 2.45) is 0 Å². The third kappa shape index (κ3) is 3.34. The summed E-state index contributed by atoms with van der Waals surface area (Å²) < 4.78 is 10.9. The van der Waals surface area contributed by atoms with E-state index >= 15 is 0 Å². The second-order valence-corrected chi connectivity index (χ2v) is 8.19. The molecule has 2 aliphatic heterocycles. The molecule has 0 bridgehead atoms. The van der Waals surface area contributed by atoms with Gasteiger partial charge in [0.1, 0.15) is 11.0 Å². The van der Waals surface area contributed by atoms with Crippen LogP contribution in [0.5, 0.6) is 11.5 Å². The lowest BCUT2D eigenvalue weighted by Crippen LogP contribution is -2.36. The maximum Gasteiger partial charge on any atom is 0.255 e. The molecule has 8 heteroatoms. The largest absolute Gasteiger partial charge is 0.454 e. The van der Waals surface area contributed by atoms with E-state index in [4.69, 9.17) is 21.1 Å². The van der Waals surface area contributed by atoms with Crippen LogP contribution in [0.1, 0.15) is 42.4 Å². The highest BCUT2D eigenvalue weighted by Gasteiger charge is 2.23. The van der Waals surface area contributed by atoms with Crippen LogP contribution in [-0.2, 0) is 19.5 Å². The van der Waals surface area contributed by atoms with Gasteiger partial charge in [0.2, 0.25) is 6.79 Å². The standard InChI is InChI=1S/C21H21ClN4O3/c1-11(2)20-24-15-3-4-26(9-14(15)21(27)25-20)8-13-5-12-6-17-18(29-10-28-17)7-16(12)23-19(13)22/h5-7,11H,3-4,8-10H2,1-2H3,(H,24,25,27). The molecule has 0 fully saturated rings. The van der Waals surface area contributed by atoms with Crippen LogP contribution in [0.25, 0.3) is 10.9 Å². The first-order chi connectivity index (χ1) is 14.0. The molecule has 0 saturated carbocycles. The highest BCUT2D eigenvalue weighted by atomic mass is 35.5. The monoisotopic (exact) mass is 412 g/mol. The van der Waals surface area contributed by atoms with Crippen molar-refractivity contribution in [1.29, 1.82) is 0 Å². The van der Waals surface area contributed by atoms with Gasteiger partial charge in [-0.15, -0.1) is 0 Å². The minimum atomic E-state index is -0.0427. The lowest BCUT2D eigenvalue weighted by molar-refractivity contribution is 0.174. The van der Waals surface area contributed by atoms with E-state index in [2.05, 4.69) is 19.9 Å². The topological polar surface area (TPSA) is 80.3 Å². The van der Waals surface area contributed by atoms with Crippen LogP contribution < -0.4 is 15.0 Å². The highest BCUT2D eigenvalue weighted by Crippen LogP contribution is 2.36. The van der Waals surface area contributed by atoms with Gasteiger partial charge in [0.15, 0.2) is 11.5 Å². The van der Waals surface area contributed by atoms with Crippen molar-refractivity contribution < 1.29 is 9.47 Å². The Kier molecular flexibility index (Phi) is 4.44. The molecule has 0 saturated heterocycles. The van der Waals surface area contributed by atoms with E-state index in [1.807, 2.05) is 32.0 Å². The summed E-state index contributed by atoms with van der Waals surface area (Å²) in [4.78, 5) is 26.9. The smallest absolute Gasteiger partial charge is 0.255 e. The minimum absolute atomic E-state index is 0.0427. The molecule has 0 aliphatic carbocycles. The molecule has 0 radical (unpaired) electrons. The Morgan fingerprint density at radius 3 is 2.79 bits per heavy atom. The number of aromatic amines is 1. The number of halogens is 1. The zero-order valence-electron chi connectivity index (χ0n) is 16.3. The molecule has 150 valence electrons. The molecule has 4 heterocycles. The molecule has 29 heavy (non-hydrogen) atoms. The molecule has 5 rings (SSSR count). The number of aromatic nitrogens is 3. The normalized spacial score (nSPS) is 15.9. The van der Waals surface area contributed by atoms with Crippen LogP contribution in [0.15, 0.2) is 23.0 Å². The Labute approximate surface area is 172 Å². The van der Waals surface area contributed by atoms with Crippen molar-refractivity contribution in [2.45, 2.75) is 39.3 Å². The Morgan fingerprint density at radius 2 is 2.00 bits per heavy atom. The second kappa shape index (κ2) is 7.00. The average Bonchev–Trinajstić information content (AvgIpc) is 3.14. The van der Waals surface area contributed by atoms with Crippen LogP contribution in [0.3, 0.4) is 0 Å². The van der Waals surface area contributed by atoms with Gasteiger partial charge in [-0.05, 0) is 12.1 Å². The quantitative estimate of drug-likeness (QED) is 0.664. The second-order valence-electron chi connectivity index (χ2n) is 7.83. The number of fused-ring (bicyclic) bond motifs is 3. The molecular weight excluding hydrogens is 392 g/mol. The average molecular weight is 413 g/mol. The first kappa shape index (κ1) is 18.4. The van der Waals surface area contributed by atoms with Gasteiger partial charge in [0.25, 0.3) is 5.56 Å². The first-order valence-electron chi connectivity index (χ1n) is 9.71. The predicted octanol–water partition coefficient (Wildman–Crippen LogP) is 3.38. The number of rotatable bonds is 3. The van der Waals surface area contributed by atoms with Crippen molar-refractivity contribution in [3.05, 3.63) is 56.4 Å². The molecule has 0 atom stereocenters. The zero-order chi connectivity index (χ0) is 20.1. The number of ether oxygens (including phenoxy) is 2. The molecule has 0 unspecified atom stereocenters. The number of nitrogens with one attached hydrogen (secondary N) is 1. The van der Waals surface area contributed by atoms with Gasteiger partial charge in [0, 0.05) is 49.0 Å². The third-order valence-electron chi connectivity index (χ3n) is 5.44.